The summed E-state index contributed by atoms with van der Waals surface area (Å²) < 4.78 is 0. The Balaban J connectivity index is 2.07. The highest BCUT2D eigenvalue weighted by Gasteiger charge is 2.42. The lowest BCUT2D eigenvalue weighted by atomic mass is 10.0. The van der Waals surface area contributed by atoms with Gasteiger partial charge in [-0.1, -0.05) is 13.8 Å². The average Bonchev–Trinajstić information content (AvgIpc) is 2.71. The third-order valence-corrected chi connectivity index (χ3v) is 3.79. The van der Waals surface area contributed by atoms with Crippen LogP contribution >= 0.6 is 0 Å². The summed E-state index contributed by atoms with van der Waals surface area (Å²) in [5, 5.41) is 3.40. The second-order valence-electron chi connectivity index (χ2n) is 5.51. The molecule has 0 aromatic heterocycles. The van der Waals surface area contributed by atoms with Crippen LogP contribution in [0.15, 0.2) is 0 Å². The van der Waals surface area contributed by atoms with Crippen LogP contribution in [-0.4, -0.2) is 54.1 Å². The summed E-state index contributed by atoms with van der Waals surface area (Å²) in [7, 11) is 2.12. The summed E-state index contributed by atoms with van der Waals surface area (Å²) in [5.74, 6) is 0.668. The summed E-state index contributed by atoms with van der Waals surface area (Å²) in [5.41, 5.74) is 0. The zero-order valence-corrected chi connectivity index (χ0v) is 10.7. The topological polar surface area (TPSA) is 35.6 Å². The van der Waals surface area contributed by atoms with Gasteiger partial charge in [-0.2, -0.15) is 0 Å². The largest absolute Gasteiger partial charge is 0.322 e. The fourth-order valence-corrected chi connectivity index (χ4v) is 2.88. The summed E-state index contributed by atoms with van der Waals surface area (Å²) in [6, 6.07) is 0.421. The maximum atomic E-state index is 12.3. The Morgan fingerprint density at radius 1 is 1.44 bits per heavy atom. The third-order valence-electron chi connectivity index (χ3n) is 3.79. The highest BCUT2D eigenvalue weighted by molar-refractivity contribution is 5.84. The second kappa shape index (κ2) is 4.34. The van der Waals surface area contributed by atoms with E-state index in [9.17, 15) is 4.79 Å². The highest BCUT2D eigenvalue weighted by Crippen LogP contribution is 2.23. The van der Waals surface area contributed by atoms with E-state index in [1.165, 1.54) is 0 Å². The minimum atomic E-state index is 0.0147. The van der Waals surface area contributed by atoms with Gasteiger partial charge >= 0.3 is 0 Å². The van der Waals surface area contributed by atoms with Gasteiger partial charge in [0.1, 0.15) is 0 Å². The molecule has 4 heteroatoms. The van der Waals surface area contributed by atoms with E-state index in [-0.39, 0.29) is 12.2 Å². The molecule has 2 aliphatic rings. The van der Waals surface area contributed by atoms with Gasteiger partial charge in [0.25, 0.3) is 0 Å². The van der Waals surface area contributed by atoms with Crippen LogP contribution in [0.3, 0.4) is 0 Å². The Morgan fingerprint density at radius 2 is 2.12 bits per heavy atom. The Kier molecular flexibility index (Phi) is 3.22. The van der Waals surface area contributed by atoms with Crippen molar-refractivity contribution >= 4 is 5.91 Å². The third kappa shape index (κ3) is 1.96. The number of likely N-dealkylation sites (N-methyl/N-ethyl adjacent to an activating group) is 1. The van der Waals surface area contributed by atoms with Gasteiger partial charge in [-0.15, -0.1) is 0 Å². The van der Waals surface area contributed by atoms with Crippen molar-refractivity contribution in [2.24, 2.45) is 5.92 Å². The number of likely N-dealkylation sites (tertiary alicyclic amines) is 1. The number of carbonyl (C=O) groups is 1. The van der Waals surface area contributed by atoms with Crippen LogP contribution in [-0.2, 0) is 4.79 Å². The first-order valence-corrected chi connectivity index (χ1v) is 6.27. The van der Waals surface area contributed by atoms with Crippen LogP contribution in [0.1, 0.15) is 27.2 Å². The molecule has 2 fully saturated rings. The summed E-state index contributed by atoms with van der Waals surface area (Å²) in [6.07, 6.45) is 1.30. The molecular weight excluding hydrogens is 202 g/mol. The number of hydrogen-bond donors (Lipinski definition) is 1. The number of rotatable bonds is 2. The predicted molar refractivity (Wildman–Crippen MR) is 64.0 cm³/mol. The standard InChI is InChI=1S/C12H23N3O/c1-8(2)11-12(16)15(9(3)13-11)10-5-6-14(4)7-10/h8-11,13H,5-7H2,1-4H3. The molecule has 0 bridgehead atoms. The van der Waals surface area contributed by atoms with Crippen molar-refractivity contribution in [1.29, 1.82) is 0 Å². The van der Waals surface area contributed by atoms with Crippen molar-refractivity contribution < 1.29 is 4.79 Å². The molecule has 92 valence electrons. The molecule has 3 atom stereocenters. The molecule has 0 aromatic carbocycles. The van der Waals surface area contributed by atoms with Crippen molar-refractivity contribution in [3.05, 3.63) is 0 Å². The van der Waals surface area contributed by atoms with E-state index < -0.39 is 0 Å². The van der Waals surface area contributed by atoms with Crippen molar-refractivity contribution in [2.45, 2.75) is 45.4 Å². The molecule has 0 saturated carbocycles. The van der Waals surface area contributed by atoms with Crippen LogP contribution in [0.5, 0.6) is 0 Å². The molecule has 4 nitrogen and oxygen atoms in total. The summed E-state index contributed by atoms with van der Waals surface area (Å²) in [6.45, 7) is 8.42. The Bertz CT molecular complexity index is 279. The maximum absolute atomic E-state index is 12.3. The molecule has 2 rings (SSSR count). The first-order chi connectivity index (χ1) is 7.50. The molecule has 3 unspecified atom stereocenters. The van der Waals surface area contributed by atoms with Crippen LogP contribution < -0.4 is 5.32 Å². The van der Waals surface area contributed by atoms with Gasteiger partial charge in [-0.25, -0.2) is 0 Å². The number of amides is 1. The van der Waals surface area contributed by atoms with Crippen molar-refractivity contribution in [1.82, 2.24) is 15.1 Å². The maximum Gasteiger partial charge on any atom is 0.241 e. The normalized spacial score (nSPS) is 36.7. The minimum absolute atomic E-state index is 0.0147. The van der Waals surface area contributed by atoms with Crippen LogP contribution in [0.2, 0.25) is 0 Å². The fourth-order valence-electron chi connectivity index (χ4n) is 2.88. The highest BCUT2D eigenvalue weighted by atomic mass is 16.2. The van der Waals surface area contributed by atoms with Gasteiger partial charge in [0, 0.05) is 12.6 Å². The number of nitrogens with zero attached hydrogens (tertiary/aromatic N) is 2. The number of carbonyl (C=O) groups excluding carboxylic acids is 1. The Labute approximate surface area is 98.0 Å². The van der Waals surface area contributed by atoms with Gasteiger partial charge in [-0.3, -0.25) is 10.1 Å². The Hall–Kier alpha value is -0.610. The molecule has 1 N–H and O–H groups in total. The van der Waals surface area contributed by atoms with Gasteiger partial charge < -0.3 is 9.80 Å². The smallest absolute Gasteiger partial charge is 0.241 e. The Morgan fingerprint density at radius 3 is 2.56 bits per heavy atom. The lowest BCUT2D eigenvalue weighted by Gasteiger charge is -2.27. The first kappa shape index (κ1) is 11.9. The van der Waals surface area contributed by atoms with Crippen LogP contribution in [0, 0.1) is 5.92 Å². The van der Waals surface area contributed by atoms with Crippen molar-refractivity contribution in [3.8, 4) is 0 Å². The molecule has 2 heterocycles. The monoisotopic (exact) mass is 225 g/mol. The van der Waals surface area contributed by atoms with E-state index in [2.05, 4.69) is 42.9 Å². The minimum Gasteiger partial charge on any atom is -0.322 e. The SMILES string of the molecule is CC(C)C1NC(C)N(C2CCN(C)C2)C1=O. The van der Waals surface area contributed by atoms with Gasteiger partial charge in [-0.05, 0) is 32.9 Å². The average molecular weight is 225 g/mol. The zero-order valence-electron chi connectivity index (χ0n) is 10.7. The summed E-state index contributed by atoms with van der Waals surface area (Å²) in [4.78, 5) is 16.7. The lowest BCUT2D eigenvalue weighted by molar-refractivity contribution is -0.132. The van der Waals surface area contributed by atoms with Crippen molar-refractivity contribution in [3.63, 3.8) is 0 Å². The van der Waals surface area contributed by atoms with Gasteiger partial charge in [0.15, 0.2) is 0 Å². The van der Waals surface area contributed by atoms with Gasteiger partial charge in [0.05, 0.1) is 12.2 Å². The van der Waals surface area contributed by atoms with Crippen molar-refractivity contribution in [2.75, 3.05) is 20.1 Å². The van der Waals surface area contributed by atoms with Crippen LogP contribution in [0.25, 0.3) is 0 Å². The molecule has 2 saturated heterocycles. The molecule has 0 spiro atoms. The second-order valence-corrected chi connectivity index (χ2v) is 5.51. The van der Waals surface area contributed by atoms with E-state index >= 15 is 0 Å². The molecule has 2 aliphatic heterocycles. The molecule has 1 amide bonds. The molecule has 0 aromatic rings. The molecule has 16 heavy (non-hydrogen) atoms. The van der Waals surface area contributed by atoms with E-state index in [0.717, 1.165) is 19.5 Å². The predicted octanol–water partition coefficient (Wildman–Crippen LogP) is 0.493. The number of nitrogens with one attached hydrogen (secondary N) is 1. The van der Waals surface area contributed by atoms with E-state index in [1.54, 1.807) is 0 Å². The first-order valence-electron chi connectivity index (χ1n) is 6.27. The zero-order chi connectivity index (χ0) is 11.9. The quantitative estimate of drug-likeness (QED) is 0.743. The molecule has 0 radical (unpaired) electrons. The summed E-state index contributed by atoms with van der Waals surface area (Å²) >= 11 is 0. The van der Waals surface area contributed by atoms with E-state index in [4.69, 9.17) is 0 Å². The molecule has 0 aliphatic carbocycles. The fraction of sp³-hybridized carbons (Fsp3) is 0.917. The number of hydrogen-bond acceptors (Lipinski definition) is 3. The van der Waals surface area contributed by atoms with E-state index in [1.807, 2.05) is 0 Å². The van der Waals surface area contributed by atoms with Gasteiger partial charge in [0.2, 0.25) is 5.91 Å². The van der Waals surface area contributed by atoms with E-state index in [0.29, 0.717) is 17.9 Å². The lowest BCUT2D eigenvalue weighted by Crippen LogP contribution is -2.44. The van der Waals surface area contributed by atoms with Crippen LogP contribution in [0.4, 0.5) is 0 Å². The molecular formula is C12H23N3O.